The second-order valence-corrected chi connectivity index (χ2v) is 4.22. The minimum atomic E-state index is -0.137. The Bertz CT molecular complexity index is 205. The first-order chi connectivity index (χ1) is 7.74. The summed E-state index contributed by atoms with van der Waals surface area (Å²) in [6, 6.07) is 0.277. The van der Waals surface area contributed by atoms with Gasteiger partial charge in [-0.05, 0) is 26.3 Å². The summed E-state index contributed by atoms with van der Waals surface area (Å²) >= 11 is 0. The van der Waals surface area contributed by atoms with E-state index in [9.17, 15) is 4.79 Å². The van der Waals surface area contributed by atoms with E-state index in [0.717, 1.165) is 19.5 Å². The minimum Gasteiger partial charge on any atom is -0.383 e. The molecule has 1 amide bonds. The molecule has 1 heterocycles. The number of ether oxygens (including phenoxy) is 1. The first-order valence-corrected chi connectivity index (χ1v) is 5.97. The Balaban J connectivity index is 2.16. The van der Waals surface area contributed by atoms with E-state index >= 15 is 0 Å². The quantitative estimate of drug-likeness (QED) is 0.536. The monoisotopic (exact) mass is 229 g/mol. The first kappa shape index (κ1) is 13.4. The molecule has 0 saturated carbocycles. The summed E-state index contributed by atoms with van der Waals surface area (Å²) in [5, 5.41) is 9.47. The molecule has 5 nitrogen and oxygen atoms in total. The topological polar surface area (TPSA) is 62.4 Å². The molecule has 0 aliphatic carbocycles. The molecule has 1 saturated heterocycles. The van der Waals surface area contributed by atoms with Crippen molar-refractivity contribution in [2.24, 2.45) is 0 Å². The molecule has 0 aromatic heterocycles. The van der Waals surface area contributed by atoms with Crippen LogP contribution in [0.2, 0.25) is 0 Å². The van der Waals surface area contributed by atoms with Crippen LogP contribution in [0.3, 0.4) is 0 Å². The van der Waals surface area contributed by atoms with E-state index in [-0.39, 0.29) is 11.9 Å². The summed E-state index contributed by atoms with van der Waals surface area (Å²) in [6.45, 7) is 5.08. The molecule has 0 aromatic rings. The lowest BCUT2D eigenvalue weighted by Crippen LogP contribution is -2.51. The van der Waals surface area contributed by atoms with Crippen LogP contribution in [0, 0.1) is 0 Å². The summed E-state index contributed by atoms with van der Waals surface area (Å²) in [5.41, 5.74) is 0. The molecule has 0 aromatic carbocycles. The van der Waals surface area contributed by atoms with Crippen LogP contribution in [0.1, 0.15) is 19.8 Å². The normalized spacial score (nSPS) is 22.8. The summed E-state index contributed by atoms with van der Waals surface area (Å²) in [4.78, 5) is 11.6. The van der Waals surface area contributed by atoms with E-state index in [1.165, 1.54) is 6.42 Å². The molecule has 0 radical (unpaired) electrons. The Kier molecular flexibility index (Phi) is 6.37. The Labute approximate surface area is 97.3 Å². The molecule has 1 aliphatic rings. The van der Waals surface area contributed by atoms with Crippen molar-refractivity contribution in [2.45, 2.75) is 31.8 Å². The van der Waals surface area contributed by atoms with Gasteiger partial charge in [0.05, 0.1) is 12.6 Å². The molecule has 3 N–H and O–H groups in total. The molecular weight excluding hydrogens is 206 g/mol. The lowest BCUT2D eigenvalue weighted by molar-refractivity contribution is -0.123. The largest absolute Gasteiger partial charge is 0.383 e. The number of amides is 1. The van der Waals surface area contributed by atoms with Crippen LogP contribution < -0.4 is 16.0 Å². The number of hydrogen-bond donors (Lipinski definition) is 3. The van der Waals surface area contributed by atoms with E-state index in [2.05, 4.69) is 16.0 Å². The smallest absolute Gasteiger partial charge is 0.236 e. The van der Waals surface area contributed by atoms with Gasteiger partial charge >= 0.3 is 0 Å². The van der Waals surface area contributed by atoms with Crippen LogP contribution in [-0.2, 0) is 9.53 Å². The molecule has 1 aliphatic heterocycles. The van der Waals surface area contributed by atoms with E-state index in [1.54, 1.807) is 7.11 Å². The van der Waals surface area contributed by atoms with Gasteiger partial charge in [0.1, 0.15) is 0 Å². The predicted octanol–water partition coefficient (Wildman–Crippen LogP) is -0.521. The van der Waals surface area contributed by atoms with Gasteiger partial charge in [-0.3, -0.25) is 4.79 Å². The van der Waals surface area contributed by atoms with Crippen LogP contribution in [0.5, 0.6) is 0 Å². The standard InChI is InChI=1S/C11H23N3O2/c1-9(11(15)13-6-7-16-2)14-10-4-3-5-12-8-10/h9-10,12,14H,3-8H2,1-2H3,(H,13,15). The van der Waals surface area contributed by atoms with E-state index < -0.39 is 0 Å². The first-order valence-electron chi connectivity index (χ1n) is 5.97. The lowest BCUT2D eigenvalue weighted by Gasteiger charge is -2.26. The van der Waals surface area contributed by atoms with E-state index in [0.29, 0.717) is 19.2 Å². The molecule has 16 heavy (non-hydrogen) atoms. The number of carbonyl (C=O) groups excluding carboxylic acids is 1. The number of piperidine rings is 1. The zero-order chi connectivity index (χ0) is 11.8. The van der Waals surface area contributed by atoms with Crippen LogP contribution in [-0.4, -0.2) is 51.3 Å². The van der Waals surface area contributed by atoms with Crippen molar-refractivity contribution in [1.82, 2.24) is 16.0 Å². The maximum Gasteiger partial charge on any atom is 0.236 e. The second-order valence-electron chi connectivity index (χ2n) is 4.22. The van der Waals surface area contributed by atoms with Crippen molar-refractivity contribution < 1.29 is 9.53 Å². The van der Waals surface area contributed by atoms with Crippen molar-refractivity contribution in [3.05, 3.63) is 0 Å². The third-order valence-electron chi connectivity index (χ3n) is 2.78. The maximum absolute atomic E-state index is 11.6. The van der Waals surface area contributed by atoms with Crippen molar-refractivity contribution in [3.8, 4) is 0 Å². The van der Waals surface area contributed by atoms with Crippen LogP contribution in [0.15, 0.2) is 0 Å². The molecule has 94 valence electrons. The number of rotatable bonds is 6. The molecule has 0 spiro atoms. The third-order valence-corrected chi connectivity index (χ3v) is 2.78. The molecule has 1 rings (SSSR count). The van der Waals surface area contributed by atoms with Crippen molar-refractivity contribution in [3.63, 3.8) is 0 Å². The average Bonchev–Trinajstić information content (AvgIpc) is 2.30. The highest BCUT2D eigenvalue weighted by Crippen LogP contribution is 2.02. The minimum absolute atomic E-state index is 0.0441. The Morgan fingerprint density at radius 3 is 3.06 bits per heavy atom. The number of hydrogen-bond acceptors (Lipinski definition) is 4. The summed E-state index contributed by atoms with van der Waals surface area (Å²) in [7, 11) is 1.63. The van der Waals surface area contributed by atoms with Gasteiger partial charge in [0, 0.05) is 26.2 Å². The molecule has 5 heteroatoms. The lowest BCUT2D eigenvalue weighted by atomic mass is 10.1. The number of carbonyl (C=O) groups is 1. The van der Waals surface area contributed by atoms with Crippen molar-refractivity contribution in [2.75, 3.05) is 33.4 Å². The highest BCUT2D eigenvalue weighted by Gasteiger charge is 2.18. The SMILES string of the molecule is COCCNC(=O)C(C)NC1CCCNC1. The van der Waals surface area contributed by atoms with E-state index in [1.807, 2.05) is 6.92 Å². The number of methoxy groups -OCH3 is 1. The third kappa shape index (κ3) is 4.92. The van der Waals surface area contributed by atoms with Crippen molar-refractivity contribution in [1.29, 1.82) is 0 Å². The Morgan fingerprint density at radius 1 is 1.62 bits per heavy atom. The zero-order valence-electron chi connectivity index (χ0n) is 10.2. The number of nitrogens with one attached hydrogen (secondary N) is 3. The van der Waals surface area contributed by atoms with Gasteiger partial charge in [0.2, 0.25) is 5.91 Å². The van der Waals surface area contributed by atoms with Crippen LogP contribution in [0.4, 0.5) is 0 Å². The highest BCUT2D eigenvalue weighted by atomic mass is 16.5. The van der Waals surface area contributed by atoms with Crippen LogP contribution >= 0.6 is 0 Å². The summed E-state index contributed by atoms with van der Waals surface area (Å²) < 4.78 is 4.88. The fraction of sp³-hybridized carbons (Fsp3) is 0.909. The van der Waals surface area contributed by atoms with Gasteiger partial charge in [-0.2, -0.15) is 0 Å². The Morgan fingerprint density at radius 2 is 2.44 bits per heavy atom. The maximum atomic E-state index is 11.6. The zero-order valence-corrected chi connectivity index (χ0v) is 10.2. The summed E-state index contributed by atoms with van der Waals surface area (Å²) in [5.74, 6) is 0.0441. The molecule has 2 atom stereocenters. The molecular formula is C11H23N3O2. The summed E-state index contributed by atoms with van der Waals surface area (Å²) in [6.07, 6.45) is 2.32. The molecule has 2 unspecified atom stereocenters. The van der Waals surface area contributed by atoms with Gasteiger partial charge in [-0.15, -0.1) is 0 Å². The van der Waals surface area contributed by atoms with Gasteiger partial charge in [-0.25, -0.2) is 0 Å². The van der Waals surface area contributed by atoms with Crippen molar-refractivity contribution >= 4 is 5.91 Å². The molecule has 0 bridgehead atoms. The van der Waals surface area contributed by atoms with Gasteiger partial charge in [0.15, 0.2) is 0 Å². The van der Waals surface area contributed by atoms with Crippen LogP contribution in [0.25, 0.3) is 0 Å². The highest BCUT2D eigenvalue weighted by molar-refractivity contribution is 5.81. The Hall–Kier alpha value is -0.650. The fourth-order valence-electron chi connectivity index (χ4n) is 1.85. The predicted molar refractivity (Wildman–Crippen MR) is 63.4 cm³/mol. The second kappa shape index (κ2) is 7.60. The average molecular weight is 229 g/mol. The van der Waals surface area contributed by atoms with Gasteiger partial charge in [-0.1, -0.05) is 0 Å². The fourth-order valence-corrected chi connectivity index (χ4v) is 1.85. The van der Waals surface area contributed by atoms with Gasteiger partial charge in [0.25, 0.3) is 0 Å². The molecule has 1 fully saturated rings. The van der Waals surface area contributed by atoms with Gasteiger partial charge < -0.3 is 20.7 Å². The van der Waals surface area contributed by atoms with E-state index in [4.69, 9.17) is 4.74 Å².